The normalized spacial score (nSPS) is 10.1. The van der Waals surface area contributed by atoms with Crippen LogP contribution in [0, 0.1) is 6.92 Å². The molecule has 2 aromatic rings. The highest BCUT2D eigenvalue weighted by Crippen LogP contribution is 2.20. The molecule has 1 N–H and O–H groups in total. The highest BCUT2D eigenvalue weighted by Gasteiger charge is 2.07. The molecule has 2 heterocycles. The van der Waals surface area contributed by atoms with Gasteiger partial charge in [-0.05, 0) is 26.0 Å². The van der Waals surface area contributed by atoms with E-state index in [4.69, 9.17) is 4.74 Å². The highest BCUT2D eigenvalue weighted by molar-refractivity contribution is 5.47. The van der Waals surface area contributed by atoms with Crippen LogP contribution < -0.4 is 10.2 Å². The number of anilines is 1. The molecule has 0 aromatic carbocycles. The van der Waals surface area contributed by atoms with Gasteiger partial charge in [0.25, 0.3) is 0 Å². The predicted molar refractivity (Wildman–Crippen MR) is 61.4 cm³/mol. The average molecular weight is 218 g/mol. The number of nitrogens with zero attached hydrogens (tertiary/aromatic N) is 3. The summed E-state index contributed by atoms with van der Waals surface area (Å²) >= 11 is 0. The lowest BCUT2D eigenvalue weighted by molar-refractivity contribution is 0.324. The fourth-order valence-electron chi connectivity index (χ4n) is 1.36. The summed E-state index contributed by atoms with van der Waals surface area (Å²) in [5, 5.41) is 0. The van der Waals surface area contributed by atoms with Gasteiger partial charge in [-0.2, -0.15) is 0 Å². The van der Waals surface area contributed by atoms with E-state index in [9.17, 15) is 0 Å². The molecule has 0 aliphatic rings. The van der Waals surface area contributed by atoms with Gasteiger partial charge < -0.3 is 4.74 Å². The van der Waals surface area contributed by atoms with E-state index in [2.05, 4.69) is 15.4 Å². The van der Waals surface area contributed by atoms with Crippen LogP contribution in [0.2, 0.25) is 0 Å². The molecule has 0 fully saturated rings. The molecule has 2 rings (SSSR count). The van der Waals surface area contributed by atoms with Gasteiger partial charge in [0.05, 0.1) is 12.2 Å². The van der Waals surface area contributed by atoms with E-state index < -0.39 is 0 Å². The van der Waals surface area contributed by atoms with E-state index in [-0.39, 0.29) is 0 Å². The molecular formula is C11H14N4O. The molecule has 0 spiro atoms. The van der Waals surface area contributed by atoms with Gasteiger partial charge in [-0.25, -0.2) is 9.97 Å². The Hall–Kier alpha value is -2.04. The van der Waals surface area contributed by atoms with Gasteiger partial charge in [0.2, 0.25) is 5.88 Å². The predicted octanol–water partition coefficient (Wildman–Crippen LogP) is 1.86. The molecule has 0 saturated heterocycles. The molecule has 0 radical (unpaired) electrons. The summed E-state index contributed by atoms with van der Waals surface area (Å²) in [6.45, 7) is 4.46. The molecule has 5 nitrogen and oxygen atoms in total. The van der Waals surface area contributed by atoms with Crippen LogP contribution in [0.4, 0.5) is 5.82 Å². The lowest BCUT2D eigenvalue weighted by Gasteiger charge is -2.11. The Balaban J connectivity index is 2.24. The number of rotatable bonds is 4. The van der Waals surface area contributed by atoms with Crippen LogP contribution in [0.5, 0.6) is 5.88 Å². The molecule has 0 atom stereocenters. The van der Waals surface area contributed by atoms with Crippen molar-refractivity contribution in [3.05, 3.63) is 36.4 Å². The van der Waals surface area contributed by atoms with Crippen LogP contribution in [0.15, 0.2) is 30.9 Å². The standard InChI is InChI=1S/C11H14N4O/c1-3-16-11-9(2)10(12-8-13-11)14-15-6-4-5-7-15/h4-8H,3H2,1-2H3,(H,12,13,14). The Kier molecular flexibility index (Phi) is 3.05. The molecule has 2 aromatic heterocycles. The van der Waals surface area contributed by atoms with Gasteiger partial charge in [-0.15, -0.1) is 0 Å². The second-order valence-corrected chi connectivity index (χ2v) is 3.29. The first-order valence-electron chi connectivity index (χ1n) is 5.15. The second-order valence-electron chi connectivity index (χ2n) is 3.29. The molecule has 0 aliphatic heterocycles. The van der Waals surface area contributed by atoms with Crippen LogP contribution in [0.1, 0.15) is 12.5 Å². The van der Waals surface area contributed by atoms with Crippen molar-refractivity contribution in [2.24, 2.45) is 0 Å². The molecule has 84 valence electrons. The van der Waals surface area contributed by atoms with E-state index in [1.807, 2.05) is 43.0 Å². The zero-order valence-corrected chi connectivity index (χ0v) is 9.34. The van der Waals surface area contributed by atoms with Crippen molar-refractivity contribution in [3.8, 4) is 5.88 Å². The zero-order chi connectivity index (χ0) is 11.4. The Bertz CT molecular complexity index is 453. The number of nitrogens with one attached hydrogen (secondary N) is 1. The van der Waals surface area contributed by atoms with Gasteiger partial charge >= 0.3 is 0 Å². The third-order valence-electron chi connectivity index (χ3n) is 2.16. The zero-order valence-electron chi connectivity index (χ0n) is 9.34. The Morgan fingerprint density at radius 2 is 2.06 bits per heavy atom. The van der Waals surface area contributed by atoms with Crippen molar-refractivity contribution in [1.82, 2.24) is 14.6 Å². The monoisotopic (exact) mass is 218 g/mol. The lowest BCUT2D eigenvalue weighted by atomic mass is 10.3. The first kappa shape index (κ1) is 10.5. The number of aromatic nitrogens is 3. The minimum Gasteiger partial charge on any atom is -0.478 e. The molecule has 16 heavy (non-hydrogen) atoms. The van der Waals surface area contributed by atoms with Crippen molar-refractivity contribution in [2.45, 2.75) is 13.8 Å². The fraction of sp³-hybridized carbons (Fsp3) is 0.273. The quantitative estimate of drug-likeness (QED) is 0.851. The summed E-state index contributed by atoms with van der Waals surface area (Å²) in [6, 6.07) is 3.87. The van der Waals surface area contributed by atoms with Crippen molar-refractivity contribution in [1.29, 1.82) is 0 Å². The van der Waals surface area contributed by atoms with Crippen LogP contribution in [-0.2, 0) is 0 Å². The Morgan fingerprint density at radius 3 is 2.75 bits per heavy atom. The van der Waals surface area contributed by atoms with Crippen LogP contribution in [-0.4, -0.2) is 21.3 Å². The minimum absolute atomic E-state index is 0.598. The van der Waals surface area contributed by atoms with Crippen molar-refractivity contribution >= 4 is 5.82 Å². The second kappa shape index (κ2) is 4.65. The summed E-state index contributed by atoms with van der Waals surface area (Å²) in [5.74, 6) is 1.36. The maximum atomic E-state index is 5.40. The van der Waals surface area contributed by atoms with E-state index in [0.717, 1.165) is 11.4 Å². The lowest BCUT2D eigenvalue weighted by Crippen LogP contribution is -2.10. The Morgan fingerprint density at radius 1 is 1.31 bits per heavy atom. The first-order valence-corrected chi connectivity index (χ1v) is 5.15. The van der Waals surface area contributed by atoms with E-state index in [1.165, 1.54) is 6.33 Å². The van der Waals surface area contributed by atoms with Gasteiger partial charge in [-0.3, -0.25) is 10.1 Å². The third kappa shape index (κ3) is 2.13. The van der Waals surface area contributed by atoms with Crippen LogP contribution in [0.3, 0.4) is 0 Å². The summed E-state index contributed by atoms with van der Waals surface area (Å²) < 4.78 is 7.22. The molecule has 0 amide bonds. The first-order chi connectivity index (χ1) is 7.81. The third-order valence-corrected chi connectivity index (χ3v) is 2.16. The number of hydrogen-bond donors (Lipinski definition) is 1. The molecule has 0 unspecified atom stereocenters. The SMILES string of the molecule is CCOc1ncnc(Nn2cccc2)c1C. The maximum absolute atomic E-state index is 5.40. The number of ether oxygens (including phenoxy) is 1. The van der Waals surface area contributed by atoms with Crippen molar-refractivity contribution in [2.75, 3.05) is 12.0 Å². The van der Waals surface area contributed by atoms with Gasteiger partial charge in [0.1, 0.15) is 6.33 Å². The summed E-state index contributed by atoms with van der Waals surface area (Å²) in [4.78, 5) is 8.25. The van der Waals surface area contributed by atoms with Gasteiger partial charge in [0.15, 0.2) is 5.82 Å². The average Bonchev–Trinajstić information content (AvgIpc) is 2.77. The topological polar surface area (TPSA) is 52.0 Å². The molecule has 0 bridgehead atoms. The largest absolute Gasteiger partial charge is 0.478 e. The van der Waals surface area contributed by atoms with Crippen LogP contribution >= 0.6 is 0 Å². The number of hydrogen-bond acceptors (Lipinski definition) is 4. The summed E-state index contributed by atoms with van der Waals surface area (Å²) in [6.07, 6.45) is 5.30. The highest BCUT2D eigenvalue weighted by atomic mass is 16.5. The molecule has 5 heteroatoms. The summed E-state index contributed by atoms with van der Waals surface area (Å²) in [7, 11) is 0. The molecular weight excluding hydrogens is 204 g/mol. The minimum atomic E-state index is 0.598. The van der Waals surface area contributed by atoms with Crippen molar-refractivity contribution in [3.63, 3.8) is 0 Å². The summed E-state index contributed by atoms with van der Waals surface area (Å²) in [5.41, 5.74) is 4.04. The smallest absolute Gasteiger partial charge is 0.221 e. The van der Waals surface area contributed by atoms with Gasteiger partial charge in [-0.1, -0.05) is 0 Å². The molecule has 0 aliphatic carbocycles. The van der Waals surface area contributed by atoms with Crippen LogP contribution in [0.25, 0.3) is 0 Å². The van der Waals surface area contributed by atoms with E-state index in [1.54, 1.807) is 0 Å². The van der Waals surface area contributed by atoms with Gasteiger partial charge in [0, 0.05) is 12.4 Å². The Labute approximate surface area is 94.1 Å². The fourth-order valence-corrected chi connectivity index (χ4v) is 1.36. The van der Waals surface area contributed by atoms with E-state index in [0.29, 0.717) is 12.5 Å². The van der Waals surface area contributed by atoms with Crippen molar-refractivity contribution < 1.29 is 4.74 Å². The molecule has 0 saturated carbocycles. The maximum Gasteiger partial charge on any atom is 0.221 e. The van der Waals surface area contributed by atoms with E-state index >= 15 is 0 Å².